The molecule has 1 N–H and O–H groups in total. The van der Waals surface area contributed by atoms with Crippen LogP contribution in [-0.4, -0.2) is 45.8 Å². The van der Waals surface area contributed by atoms with Gasteiger partial charge in [0.15, 0.2) is 5.60 Å². The van der Waals surface area contributed by atoms with E-state index in [0.717, 1.165) is 10.5 Å². The van der Waals surface area contributed by atoms with E-state index in [9.17, 15) is 23.1 Å². The molecule has 1 unspecified atom stereocenters. The van der Waals surface area contributed by atoms with Crippen LogP contribution in [0.15, 0.2) is 18.3 Å². The smallest absolute Gasteiger partial charge is 0.379 e. The summed E-state index contributed by atoms with van der Waals surface area (Å²) in [4.78, 5) is 17.3. The van der Waals surface area contributed by atoms with Crippen LogP contribution in [0.3, 0.4) is 0 Å². The van der Waals surface area contributed by atoms with Gasteiger partial charge in [-0.15, -0.1) is 0 Å². The number of aromatic nitrogens is 1. The Kier molecular flexibility index (Phi) is 4.47. The third-order valence-electron chi connectivity index (χ3n) is 3.96. The van der Waals surface area contributed by atoms with Gasteiger partial charge in [-0.05, 0) is 30.4 Å². The van der Waals surface area contributed by atoms with Crippen molar-refractivity contribution in [3.05, 3.63) is 29.6 Å². The molecule has 0 aromatic carbocycles. The minimum absolute atomic E-state index is 0.0934. The molecule has 1 fully saturated rings. The number of hydrogen-bond acceptors (Lipinski definition) is 3. The molecule has 1 aromatic rings. The molecular formula is C15H19F3N2O2. The number of nitrogens with zero attached hydrogens (tertiary/aromatic N) is 2. The highest BCUT2D eigenvalue weighted by molar-refractivity contribution is 5.92. The molecule has 4 nitrogen and oxygen atoms in total. The summed E-state index contributed by atoms with van der Waals surface area (Å²) in [5, 5.41) is 9.75. The van der Waals surface area contributed by atoms with E-state index in [4.69, 9.17) is 0 Å². The van der Waals surface area contributed by atoms with Crippen molar-refractivity contribution in [2.75, 3.05) is 13.1 Å². The molecule has 1 aliphatic heterocycles. The molecule has 2 heterocycles. The van der Waals surface area contributed by atoms with Gasteiger partial charge in [-0.3, -0.25) is 9.78 Å². The Bertz CT molecular complexity index is 543. The monoisotopic (exact) mass is 316 g/mol. The SMILES string of the molecule is CC(C)c1ccc(C(=O)N2CCCC(O)(C(F)(F)F)C2)nc1. The highest BCUT2D eigenvalue weighted by Crippen LogP contribution is 2.37. The normalized spacial score (nSPS) is 23.0. The number of alkyl halides is 3. The number of carbonyl (C=O) groups is 1. The van der Waals surface area contributed by atoms with Crippen molar-refractivity contribution in [1.29, 1.82) is 0 Å². The molecule has 1 saturated heterocycles. The van der Waals surface area contributed by atoms with Gasteiger partial charge in [-0.25, -0.2) is 0 Å². The first kappa shape index (κ1) is 16.7. The summed E-state index contributed by atoms with van der Waals surface area (Å²) in [5.74, 6) is -0.334. The van der Waals surface area contributed by atoms with Crippen LogP contribution in [0.2, 0.25) is 0 Å². The Labute approximate surface area is 127 Å². The molecular weight excluding hydrogens is 297 g/mol. The van der Waals surface area contributed by atoms with Gasteiger partial charge < -0.3 is 10.0 Å². The Balaban J connectivity index is 2.15. The maximum atomic E-state index is 12.9. The van der Waals surface area contributed by atoms with Crippen molar-refractivity contribution >= 4 is 5.91 Å². The van der Waals surface area contributed by atoms with Crippen LogP contribution in [0.1, 0.15) is 48.7 Å². The van der Waals surface area contributed by atoms with Gasteiger partial charge >= 0.3 is 6.18 Å². The highest BCUT2D eigenvalue weighted by Gasteiger charge is 2.56. The molecule has 22 heavy (non-hydrogen) atoms. The van der Waals surface area contributed by atoms with Crippen LogP contribution in [0, 0.1) is 0 Å². The average molecular weight is 316 g/mol. The molecule has 0 bridgehead atoms. The van der Waals surface area contributed by atoms with Crippen LogP contribution in [-0.2, 0) is 0 Å². The fourth-order valence-electron chi connectivity index (χ4n) is 2.48. The van der Waals surface area contributed by atoms with Gasteiger partial charge in [0.25, 0.3) is 5.91 Å². The molecule has 1 atom stereocenters. The molecule has 1 aliphatic rings. The van der Waals surface area contributed by atoms with E-state index < -0.39 is 24.2 Å². The van der Waals surface area contributed by atoms with Crippen LogP contribution in [0.25, 0.3) is 0 Å². The number of likely N-dealkylation sites (tertiary alicyclic amines) is 1. The fraction of sp³-hybridized carbons (Fsp3) is 0.600. The largest absolute Gasteiger partial charge is 0.418 e. The van der Waals surface area contributed by atoms with Crippen molar-refractivity contribution in [2.45, 2.75) is 44.4 Å². The van der Waals surface area contributed by atoms with Gasteiger partial charge in [-0.2, -0.15) is 13.2 Å². The number of β-amino-alcohol motifs (C(OH)–C–C–N with tert-alkyl or cyclic N) is 1. The number of amides is 1. The first-order chi connectivity index (χ1) is 10.1. The van der Waals surface area contributed by atoms with Crippen molar-refractivity contribution < 1.29 is 23.1 Å². The van der Waals surface area contributed by atoms with Crippen molar-refractivity contribution in [1.82, 2.24) is 9.88 Å². The molecule has 0 saturated carbocycles. The van der Waals surface area contributed by atoms with E-state index >= 15 is 0 Å². The Morgan fingerprint density at radius 1 is 1.41 bits per heavy atom. The molecule has 1 amide bonds. The van der Waals surface area contributed by atoms with Crippen LogP contribution in [0.5, 0.6) is 0 Å². The molecule has 0 spiro atoms. The lowest BCUT2D eigenvalue weighted by atomic mass is 9.92. The predicted octanol–water partition coefficient (Wildman–Crippen LogP) is 2.73. The number of halogens is 3. The van der Waals surface area contributed by atoms with Crippen molar-refractivity contribution in [3.63, 3.8) is 0 Å². The number of piperidine rings is 1. The van der Waals surface area contributed by atoms with E-state index in [1.807, 2.05) is 13.8 Å². The zero-order valence-corrected chi connectivity index (χ0v) is 12.5. The molecule has 0 aliphatic carbocycles. The van der Waals surface area contributed by atoms with E-state index in [1.165, 1.54) is 6.07 Å². The molecule has 122 valence electrons. The number of pyridine rings is 1. The van der Waals surface area contributed by atoms with Crippen molar-refractivity contribution in [2.24, 2.45) is 0 Å². The summed E-state index contributed by atoms with van der Waals surface area (Å²) in [7, 11) is 0. The maximum absolute atomic E-state index is 12.9. The zero-order valence-electron chi connectivity index (χ0n) is 12.5. The second-order valence-corrected chi connectivity index (χ2v) is 5.99. The Hall–Kier alpha value is -1.63. The minimum Gasteiger partial charge on any atom is -0.379 e. The van der Waals surface area contributed by atoms with Crippen LogP contribution < -0.4 is 0 Å². The quantitative estimate of drug-likeness (QED) is 0.913. The standard InChI is InChI=1S/C15H19F3N2O2/c1-10(2)11-4-5-12(19-8-11)13(21)20-7-3-6-14(22,9-20)15(16,17)18/h4-5,8,10,22H,3,6-7,9H2,1-2H3. The lowest BCUT2D eigenvalue weighted by Gasteiger charge is -2.39. The van der Waals surface area contributed by atoms with Gasteiger partial charge in [0.05, 0.1) is 6.54 Å². The maximum Gasteiger partial charge on any atom is 0.418 e. The lowest BCUT2D eigenvalue weighted by Crippen LogP contribution is -2.58. The third-order valence-corrected chi connectivity index (χ3v) is 3.96. The molecule has 7 heteroatoms. The summed E-state index contributed by atoms with van der Waals surface area (Å²) >= 11 is 0. The number of rotatable bonds is 2. The Morgan fingerprint density at radius 3 is 2.59 bits per heavy atom. The van der Waals surface area contributed by atoms with Crippen LogP contribution in [0.4, 0.5) is 13.2 Å². The minimum atomic E-state index is -4.75. The topological polar surface area (TPSA) is 53.4 Å². The lowest BCUT2D eigenvalue weighted by molar-refractivity contribution is -0.271. The van der Waals surface area contributed by atoms with Gasteiger partial charge in [0, 0.05) is 12.7 Å². The first-order valence-electron chi connectivity index (χ1n) is 7.18. The average Bonchev–Trinajstić information content (AvgIpc) is 2.45. The summed E-state index contributed by atoms with van der Waals surface area (Å²) in [5.41, 5.74) is -1.79. The zero-order chi connectivity index (χ0) is 16.5. The summed E-state index contributed by atoms with van der Waals surface area (Å²) in [6.45, 7) is 3.40. The van der Waals surface area contributed by atoms with E-state index in [1.54, 1.807) is 12.3 Å². The summed E-state index contributed by atoms with van der Waals surface area (Å²) in [6.07, 6.45) is -3.48. The first-order valence-corrected chi connectivity index (χ1v) is 7.18. The van der Waals surface area contributed by atoms with E-state index in [2.05, 4.69) is 4.98 Å². The highest BCUT2D eigenvalue weighted by atomic mass is 19.4. The fourth-order valence-corrected chi connectivity index (χ4v) is 2.48. The second kappa shape index (κ2) is 5.87. The van der Waals surface area contributed by atoms with Gasteiger partial charge in [0.1, 0.15) is 5.69 Å². The Morgan fingerprint density at radius 2 is 2.09 bits per heavy atom. The second-order valence-electron chi connectivity index (χ2n) is 5.99. The van der Waals surface area contributed by atoms with E-state index in [0.29, 0.717) is 0 Å². The summed E-state index contributed by atoms with van der Waals surface area (Å²) in [6, 6.07) is 3.25. The molecule has 0 radical (unpaired) electrons. The predicted molar refractivity (Wildman–Crippen MR) is 74.5 cm³/mol. The summed E-state index contributed by atoms with van der Waals surface area (Å²) < 4.78 is 38.7. The molecule has 2 rings (SSSR count). The van der Waals surface area contributed by atoms with E-state index in [-0.39, 0.29) is 31.0 Å². The number of hydrogen-bond donors (Lipinski definition) is 1. The van der Waals surface area contributed by atoms with Crippen molar-refractivity contribution in [3.8, 4) is 0 Å². The number of aliphatic hydroxyl groups is 1. The van der Waals surface area contributed by atoms with Crippen LogP contribution >= 0.6 is 0 Å². The number of carbonyl (C=O) groups excluding carboxylic acids is 1. The molecule has 1 aromatic heterocycles. The van der Waals surface area contributed by atoms with Gasteiger partial charge in [-0.1, -0.05) is 19.9 Å². The third kappa shape index (κ3) is 3.24. The van der Waals surface area contributed by atoms with Gasteiger partial charge in [0.2, 0.25) is 0 Å².